The van der Waals surface area contributed by atoms with E-state index in [0.29, 0.717) is 0 Å². The number of fused-ring (bicyclic) bond motifs is 1. The van der Waals surface area contributed by atoms with Gasteiger partial charge in [-0.2, -0.15) is 0 Å². The highest BCUT2D eigenvalue weighted by Gasteiger charge is 2.16. The first-order valence-corrected chi connectivity index (χ1v) is 7.83. The topological polar surface area (TPSA) is 48.6 Å². The van der Waals surface area contributed by atoms with Gasteiger partial charge in [-0.3, -0.25) is 0 Å². The van der Waals surface area contributed by atoms with Crippen molar-refractivity contribution in [2.75, 3.05) is 0 Å². The molecule has 0 fully saturated rings. The van der Waals surface area contributed by atoms with E-state index in [1.165, 1.54) is 4.88 Å². The molecule has 0 amide bonds. The number of H-pyrrole nitrogens is 2. The van der Waals surface area contributed by atoms with Gasteiger partial charge in [0.2, 0.25) is 0 Å². The van der Waals surface area contributed by atoms with Crippen LogP contribution in [0.3, 0.4) is 0 Å². The standard InChI is InChI=1S/C12H8Br2N2OS/c13-7-5-9-8(15-12(17)16-9)4-6(7)11(14)10-2-1-3-18-10/h1-5,11H,(H2,15,16,17). The summed E-state index contributed by atoms with van der Waals surface area (Å²) in [7, 11) is 0. The predicted octanol–water partition coefficient (Wildman–Crippen LogP) is 4.16. The number of benzene rings is 1. The maximum atomic E-state index is 11.3. The van der Waals surface area contributed by atoms with Gasteiger partial charge in [0.05, 0.1) is 15.9 Å². The Morgan fingerprint density at radius 2 is 1.94 bits per heavy atom. The zero-order chi connectivity index (χ0) is 12.7. The lowest BCUT2D eigenvalue weighted by Crippen LogP contribution is -1.99. The van der Waals surface area contributed by atoms with Gasteiger partial charge in [-0.1, -0.05) is 37.9 Å². The second-order valence-electron chi connectivity index (χ2n) is 3.88. The third kappa shape index (κ3) is 2.08. The molecular formula is C12H8Br2N2OS. The van der Waals surface area contributed by atoms with Crippen molar-refractivity contribution < 1.29 is 0 Å². The number of rotatable bonds is 2. The zero-order valence-corrected chi connectivity index (χ0v) is 13.0. The molecule has 0 aliphatic carbocycles. The molecule has 0 aliphatic rings. The van der Waals surface area contributed by atoms with E-state index in [4.69, 9.17) is 0 Å². The lowest BCUT2D eigenvalue weighted by atomic mass is 10.1. The van der Waals surface area contributed by atoms with Crippen molar-refractivity contribution in [2.45, 2.75) is 4.83 Å². The maximum Gasteiger partial charge on any atom is 0.323 e. The van der Waals surface area contributed by atoms with Crippen molar-refractivity contribution in [1.29, 1.82) is 0 Å². The molecule has 3 aromatic rings. The van der Waals surface area contributed by atoms with Gasteiger partial charge >= 0.3 is 5.69 Å². The quantitative estimate of drug-likeness (QED) is 0.637. The lowest BCUT2D eigenvalue weighted by molar-refractivity contribution is 1.21. The monoisotopic (exact) mass is 386 g/mol. The van der Waals surface area contributed by atoms with Gasteiger partial charge in [0, 0.05) is 9.35 Å². The van der Waals surface area contributed by atoms with Crippen molar-refractivity contribution in [3.8, 4) is 0 Å². The highest BCUT2D eigenvalue weighted by Crippen LogP contribution is 2.38. The highest BCUT2D eigenvalue weighted by atomic mass is 79.9. The minimum absolute atomic E-state index is 0.120. The summed E-state index contributed by atoms with van der Waals surface area (Å²) in [5.41, 5.74) is 2.54. The van der Waals surface area contributed by atoms with Gasteiger partial charge in [0.1, 0.15) is 0 Å². The average molecular weight is 388 g/mol. The molecule has 0 bridgehead atoms. The van der Waals surface area contributed by atoms with E-state index < -0.39 is 0 Å². The molecule has 0 aliphatic heterocycles. The maximum absolute atomic E-state index is 11.3. The molecule has 2 N–H and O–H groups in total. The molecule has 1 unspecified atom stereocenters. The average Bonchev–Trinajstić information content (AvgIpc) is 2.94. The van der Waals surface area contributed by atoms with Gasteiger partial charge in [0.15, 0.2) is 0 Å². The Balaban J connectivity index is 2.16. The molecule has 1 atom stereocenters. The summed E-state index contributed by atoms with van der Waals surface area (Å²) in [6.07, 6.45) is 0. The Bertz CT molecular complexity index is 745. The van der Waals surface area contributed by atoms with Crippen LogP contribution in [0.15, 0.2) is 38.9 Å². The van der Waals surface area contributed by atoms with Crippen LogP contribution < -0.4 is 5.69 Å². The highest BCUT2D eigenvalue weighted by molar-refractivity contribution is 9.11. The second-order valence-corrected chi connectivity index (χ2v) is 6.63. The summed E-state index contributed by atoms with van der Waals surface area (Å²) in [5.74, 6) is 0. The number of hydrogen-bond donors (Lipinski definition) is 2. The van der Waals surface area contributed by atoms with Crippen LogP contribution in [-0.2, 0) is 0 Å². The SMILES string of the molecule is O=c1[nH]c2cc(Br)c(C(Br)c3cccs3)cc2[nH]1. The van der Waals surface area contributed by atoms with E-state index in [1.807, 2.05) is 23.6 Å². The van der Waals surface area contributed by atoms with Crippen LogP contribution in [0, 0.1) is 0 Å². The third-order valence-electron chi connectivity index (χ3n) is 2.70. The molecule has 6 heteroatoms. The number of imidazole rings is 1. The minimum atomic E-state index is -0.184. The molecule has 0 saturated carbocycles. The molecule has 2 heterocycles. The van der Waals surface area contributed by atoms with Crippen LogP contribution in [0.5, 0.6) is 0 Å². The molecule has 18 heavy (non-hydrogen) atoms. The molecule has 92 valence electrons. The fourth-order valence-electron chi connectivity index (χ4n) is 1.86. The molecule has 2 aromatic heterocycles. The van der Waals surface area contributed by atoms with Crippen molar-refractivity contribution in [1.82, 2.24) is 9.97 Å². The van der Waals surface area contributed by atoms with Crippen LogP contribution in [-0.4, -0.2) is 9.97 Å². The number of thiophene rings is 1. The van der Waals surface area contributed by atoms with E-state index in [-0.39, 0.29) is 10.5 Å². The van der Waals surface area contributed by atoms with Crippen LogP contribution in [0.4, 0.5) is 0 Å². The first kappa shape index (κ1) is 12.2. The fourth-order valence-corrected chi connectivity index (χ4v) is 4.31. The number of aromatic amines is 2. The number of nitrogens with one attached hydrogen (secondary N) is 2. The second kappa shape index (κ2) is 4.68. The molecule has 1 aromatic carbocycles. The van der Waals surface area contributed by atoms with Crippen LogP contribution in [0.1, 0.15) is 15.3 Å². The molecular weight excluding hydrogens is 380 g/mol. The molecule has 3 nitrogen and oxygen atoms in total. The van der Waals surface area contributed by atoms with E-state index in [2.05, 4.69) is 47.9 Å². The van der Waals surface area contributed by atoms with Gasteiger partial charge in [-0.25, -0.2) is 4.79 Å². The third-order valence-corrected chi connectivity index (χ3v) is 5.61. The molecule has 0 saturated heterocycles. The summed E-state index contributed by atoms with van der Waals surface area (Å²) in [6.45, 7) is 0. The Morgan fingerprint density at radius 3 is 2.61 bits per heavy atom. The van der Waals surface area contributed by atoms with Gasteiger partial charge in [0.25, 0.3) is 0 Å². The van der Waals surface area contributed by atoms with Crippen molar-refractivity contribution in [3.63, 3.8) is 0 Å². The van der Waals surface area contributed by atoms with Crippen LogP contribution in [0.25, 0.3) is 11.0 Å². The van der Waals surface area contributed by atoms with E-state index in [9.17, 15) is 4.79 Å². The van der Waals surface area contributed by atoms with Gasteiger partial charge in [-0.15, -0.1) is 11.3 Å². The Kier molecular flexibility index (Phi) is 3.17. The summed E-state index contributed by atoms with van der Waals surface area (Å²) in [5, 5.41) is 2.05. The summed E-state index contributed by atoms with van der Waals surface area (Å²) >= 11 is 8.94. The normalized spacial score (nSPS) is 13.0. The summed E-state index contributed by atoms with van der Waals surface area (Å²) in [6, 6.07) is 8.01. The Labute approximate surface area is 124 Å². The van der Waals surface area contributed by atoms with Crippen molar-refractivity contribution >= 4 is 54.2 Å². The van der Waals surface area contributed by atoms with Crippen molar-refractivity contribution in [2.24, 2.45) is 0 Å². The number of hydrogen-bond acceptors (Lipinski definition) is 2. The van der Waals surface area contributed by atoms with Crippen LogP contribution in [0.2, 0.25) is 0 Å². The fraction of sp³-hybridized carbons (Fsp3) is 0.0833. The van der Waals surface area contributed by atoms with Gasteiger partial charge in [-0.05, 0) is 29.1 Å². The van der Waals surface area contributed by atoms with Crippen LogP contribution >= 0.6 is 43.2 Å². The van der Waals surface area contributed by atoms with Gasteiger partial charge < -0.3 is 9.97 Å². The minimum Gasteiger partial charge on any atom is -0.306 e. The first-order chi connectivity index (χ1) is 8.65. The zero-order valence-electron chi connectivity index (χ0n) is 9.04. The molecule has 0 radical (unpaired) electrons. The smallest absolute Gasteiger partial charge is 0.306 e. The van der Waals surface area contributed by atoms with E-state index >= 15 is 0 Å². The lowest BCUT2D eigenvalue weighted by Gasteiger charge is -2.10. The number of halogens is 2. The summed E-state index contributed by atoms with van der Waals surface area (Å²) < 4.78 is 0.973. The Morgan fingerprint density at radius 1 is 1.22 bits per heavy atom. The predicted molar refractivity (Wildman–Crippen MR) is 81.7 cm³/mol. The summed E-state index contributed by atoms with van der Waals surface area (Å²) in [4.78, 5) is 18.1. The van der Waals surface area contributed by atoms with Crippen molar-refractivity contribution in [3.05, 3.63) is 55.0 Å². The van der Waals surface area contributed by atoms with E-state index in [1.54, 1.807) is 11.3 Å². The first-order valence-electron chi connectivity index (χ1n) is 5.24. The number of aromatic nitrogens is 2. The largest absolute Gasteiger partial charge is 0.323 e. The number of alkyl halides is 1. The molecule has 0 spiro atoms. The van der Waals surface area contributed by atoms with E-state index in [0.717, 1.165) is 21.1 Å². The Hall–Kier alpha value is -0.850. The molecule has 3 rings (SSSR count).